The Bertz CT molecular complexity index is 829. The van der Waals surface area contributed by atoms with Gasteiger partial charge in [0.25, 0.3) is 0 Å². The second-order valence-corrected chi connectivity index (χ2v) is 6.20. The number of morpholine rings is 1. The Morgan fingerprint density at radius 3 is 2.69 bits per heavy atom. The maximum atomic E-state index is 5.59. The molecule has 0 aliphatic carbocycles. The fraction of sp³-hybridized carbons (Fsp3) is 0.300. The predicted octanol–water partition coefficient (Wildman–Crippen LogP) is 2.86. The fourth-order valence-corrected chi connectivity index (χ4v) is 3.05. The molecule has 6 heteroatoms. The molecule has 0 spiro atoms. The summed E-state index contributed by atoms with van der Waals surface area (Å²) in [5.74, 6) is 1.69. The van der Waals surface area contributed by atoms with Crippen LogP contribution in [0.3, 0.4) is 0 Å². The molecular weight excluding hydrogens is 328 g/mol. The zero-order valence-electron chi connectivity index (χ0n) is 14.6. The summed E-state index contributed by atoms with van der Waals surface area (Å²) in [6, 6.07) is 14.0. The Hall–Kier alpha value is -2.70. The van der Waals surface area contributed by atoms with Gasteiger partial charge in [-0.25, -0.2) is 9.97 Å². The molecule has 4 rings (SSSR count). The van der Waals surface area contributed by atoms with Gasteiger partial charge < -0.3 is 19.4 Å². The normalized spacial score (nSPS) is 14.5. The van der Waals surface area contributed by atoms with E-state index in [9.17, 15) is 0 Å². The molecule has 1 N–H and O–H groups in total. The molecule has 0 saturated carbocycles. The molecule has 6 nitrogen and oxygen atoms in total. The van der Waals surface area contributed by atoms with Crippen LogP contribution in [0.25, 0.3) is 11.5 Å². The Balaban J connectivity index is 1.37. The number of oxazole rings is 1. The van der Waals surface area contributed by atoms with Gasteiger partial charge in [-0.15, -0.1) is 0 Å². The molecule has 1 fully saturated rings. The van der Waals surface area contributed by atoms with Crippen molar-refractivity contribution in [1.82, 2.24) is 15.3 Å². The lowest BCUT2D eigenvalue weighted by Gasteiger charge is -2.29. The number of nitrogens with zero attached hydrogens (tertiary/aromatic N) is 3. The Labute approximate surface area is 152 Å². The van der Waals surface area contributed by atoms with Crippen LogP contribution < -0.4 is 10.2 Å². The summed E-state index contributed by atoms with van der Waals surface area (Å²) in [6.07, 6.45) is 3.56. The Morgan fingerprint density at radius 1 is 1.00 bits per heavy atom. The maximum absolute atomic E-state index is 5.59. The van der Waals surface area contributed by atoms with E-state index in [1.54, 1.807) is 6.26 Å². The highest BCUT2D eigenvalue weighted by Crippen LogP contribution is 2.19. The highest BCUT2D eigenvalue weighted by atomic mass is 16.5. The van der Waals surface area contributed by atoms with E-state index in [4.69, 9.17) is 9.15 Å². The van der Waals surface area contributed by atoms with Gasteiger partial charge in [-0.05, 0) is 18.2 Å². The van der Waals surface area contributed by atoms with Crippen molar-refractivity contribution in [3.05, 3.63) is 66.2 Å². The molecule has 0 radical (unpaired) electrons. The standard InChI is InChI=1S/C20H22N4O2/c1-2-5-16(6-3-1)20-23-18(15-26-20)14-21-13-17-7-4-8-22-19(17)24-9-11-25-12-10-24/h1-8,15,21H,9-14H2. The lowest BCUT2D eigenvalue weighted by molar-refractivity contribution is 0.122. The van der Waals surface area contributed by atoms with Crippen molar-refractivity contribution >= 4 is 5.82 Å². The lowest BCUT2D eigenvalue weighted by atomic mass is 10.2. The average molecular weight is 350 g/mol. The number of anilines is 1. The number of pyridine rings is 1. The minimum absolute atomic E-state index is 0.647. The number of aromatic nitrogens is 2. The molecule has 0 bridgehead atoms. The molecular formula is C20H22N4O2. The third-order valence-corrected chi connectivity index (χ3v) is 4.37. The van der Waals surface area contributed by atoms with Crippen molar-refractivity contribution in [3.8, 4) is 11.5 Å². The fourth-order valence-electron chi connectivity index (χ4n) is 3.05. The number of benzene rings is 1. The zero-order chi connectivity index (χ0) is 17.6. The van der Waals surface area contributed by atoms with Crippen LogP contribution in [0.2, 0.25) is 0 Å². The molecule has 3 heterocycles. The van der Waals surface area contributed by atoms with Crippen molar-refractivity contribution in [2.45, 2.75) is 13.1 Å². The monoisotopic (exact) mass is 350 g/mol. The predicted molar refractivity (Wildman–Crippen MR) is 99.8 cm³/mol. The zero-order valence-corrected chi connectivity index (χ0v) is 14.6. The summed E-state index contributed by atoms with van der Waals surface area (Å²) in [4.78, 5) is 11.4. The summed E-state index contributed by atoms with van der Waals surface area (Å²) in [5.41, 5.74) is 3.06. The van der Waals surface area contributed by atoms with E-state index in [0.717, 1.165) is 49.9 Å². The smallest absolute Gasteiger partial charge is 0.226 e. The first-order chi connectivity index (χ1) is 12.9. The van der Waals surface area contributed by atoms with Gasteiger partial charge in [-0.2, -0.15) is 0 Å². The summed E-state index contributed by atoms with van der Waals surface area (Å²) in [5, 5.41) is 3.44. The van der Waals surface area contributed by atoms with Gasteiger partial charge >= 0.3 is 0 Å². The molecule has 1 saturated heterocycles. The van der Waals surface area contributed by atoms with Gasteiger partial charge in [0, 0.05) is 43.5 Å². The molecule has 1 aliphatic rings. The second-order valence-electron chi connectivity index (χ2n) is 6.20. The summed E-state index contributed by atoms with van der Waals surface area (Å²) >= 11 is 0. The topological polar surface area (TPSA) is 63.4 Å². The molecule has 26 heavy (non-hydrogen) atoms. The Morgan fingerprint density at radius 2 is 1.85 bits per heavy atom. The average Bonchev–Trinajstić information content (AvgIpc) is 3.19. The van der Waals surface area contributed by atoms with E-state index >= 15 is 0 Å². The summed E-state index contributed by atoms with van der Waals surface area (Å²) in [7, 11) is 0. The molecule has 2 aromatic heterocycles. The van der Waals surface area contributed by atoms with Gasteiger partial charge in [-0.3, -0.25) is 0 Å². The molecule has 0 unspecified atom stereocenters. The van der Waals surface area contributed by atoms with E-state index in [0.29, 0.717) is 12.4 Å². The minimum atomic E-state index is 0.647. The highest BCUT2D eigenvalue weighted by Gasteiger charge is 2.15. The van der Waals surface area contributed by atoms with Crippen molar-refractivity contribution < 1.29 is 9.15 Å². The first kappa shape index (κ1) is 16.8. The third kappa shape index (κ3) is 3.92. The van der Waals surface area contributed by atoms with Crippen molar-refractivity contribution in [2.75, 3.05) is 31.2 Å². The SMILES string of the molecule is c1ccc(-c2nc(CNCc3cccnc3N3CCOCC3)co2)cc1. The number of rotatable bonds is 6. The lowest BCUT2D eigenvalue weighted by Crippen LogP contribution is -2.37. The third-order valence-electron chi connectivity index (χ3n) is 4.37. The number of ether oxygens (including phenoxy) is 1. The van der Waals surface area contributed by atoms with E-state index < -0.39 is 0 Å². The van der Waals surface area contributed by atoms with Crippen molar-refractivity contribution in [3.63, 3.8) is 0 Å². The Kier molecular flexibility index (Phi) is 5.23. The van der Waals surface area contributed by atoms with Gasteiger partial charge in [0.2, 0.25) is 5.89 Å². The van der Waals surface area contributed by atoms with Crippen LogP contribution in [-0.4, -0.2) is 36.3 Å². The molecule has 3 aromatic rings. The maximum Gasteiger partial charge on any atom is 0.226 e. The molecule has 0 amide bonds. The van der Waals surface area contributed by atoms with E-state index in [1.807, 2.05) is 42.6 Å². The van der Waals surface area contributed by atoms with Crippen LogP contribution in [0.1, 0.15) is 11.3 Å². The number of hydrogen-bond acceptors (Lipinski definition) is 6. The van der Waals surface area contributed by atoms with Gasteiger partial charge in [0.15, 0.2) is 0 Å². The van der Waals surface area contributed by atoms with Crippen LogP contribution in [0, 0.1) is 0 Å². The molecule has 1 aliphatic heterocycles. The molecule has 134 valence electrons. The van der Waals surface area contributed by atoms with E-state index in [-0.39, 0.29) is 0 Å². The molecule has 1 aromatic carbocycles. The van der Waals surface area contributed by atoms with Crippen LogP contribution in [0.4, 0.5) is 5.82 Å². The first-order valence-corrected chi connectivity index (χ1v) is 8.87. The van der Waals surface area contributed by atoms with Gasteiger partial charge in [0.05, 0.1) is 18.9 Å². The minimum Gasteiger partial charge on any atom is -0.444 e. The largest absolute Gasteiger partial charge is 0.444 e. The van der Waals surface area contributed by atoms with Gasteiger partial charge in [-0.1, -0.05) is 24.3 Å². The number of hydrogen-bond donors (Lipinski definition) is 1. The van der Waals surface area contributed by atoms with E-state index in [2.05, 4.69) is 26.3 Å². The second kappa shape index (κ2) is 8.12. The van der Waals surface area contributed by atoms with Crippen LogP contribution in [0.5, 0.6) is 0 Å². The quantitative estimate of drug-likeness (QED) is 0.738. The van der Waals surface area contributed by atoms with Crippen LogP contribution in [0.15, 0.2) is 59.3 Å². The van der Waals surface area contributed by atoms with Crippen molar-refractivity contribution in [2.24, 2.45) is 0 Å². The number of nitrogens with one attached hydrogen (secondary N) is 1. The van der Waals surface area contributed by atoms with E-state index in [1.165, 1.54) is 5.56 Å². The van der Waals surface area contributed by atoms with Gasteiger partial charge in [0.1, 0.15) is 12.1 Å². The highest BCUT2D eigenvalue weighted by molar-refractivity contribution is 5.52. The van der Waals surface area contributed by atoms with Crippen LogP contribution in [-0.2, 0) is 17.8 Å². The van der Waals surface area contributed by atoms with Crippen molar-refractivity contribution in [1.29, 1.82) is 0 Å². The molecule has 0 atom stereocenters. The first-order valence-electron chi connectivity index (χ1n) is 8.87. The summed E-state index contributed by atoms with van der Waals surface area (Å²) in [6.45, 7) is 4.65. The summed E-state index contributed by atoms with van der Waals surface area (Å²) < 4.78 is 11.0. The van der Waals surface area contributed by atoms with Crippen LogP contribution >= 0.6 is 0 Å².